The van der Waals surface area contributed by atoms with Crippen LogP contribution in [0.5, 0.6) is 0 Å². The lowest BCUT2D eigenvalue weighted by Crippen LogP contribution is -2.31. The van der Waals surface area contributed by atoms with Crippen LogP contribution in [0.25, 0.3) is 0 Å². The summed E-state index contributed by atoms with van der Waals surface area (Å²) in [7, 11) is 1.78. The maximum atomic E-state index is 11.7. The van der Waals surface area contributed by atoms with Gasteiger partial charge in [-0.05, 0) is 44.3 Å². The number of nitriles is 1. The van der Waals surface area contributed by atoms with Crippen molar-refractivity contribution in [3.8, 4) is 6.07 Å². The van der Waals surface area contributed by atoms with Crippen molar-refractivity contribution in [2.24, 2.45) is 5.73 Å². The van der Waals surface area contributed by atoms with Gasteiger partial charge < -0.3 is 11.1 Å². The van der Waals surface area contributed by atoms with Crippen molar-refractivity contribution in [1.29, 1.82) is 5.26 Å². The smallest absolute Gasteiger partial charge is 0.231 e. The third kappa shape index (κ3) is 5.98. The second kappa shape index (κ2) is 7.92. The van der Waals surface area contributed by atoms with Crippen molar-refractivity contribution >= 4 is 17.5 Å². The van der Waals surface area contributed by atoms with Crippen LogP contribution in [-0.2, 0) is 9.59 Å². The Kier molecular flexibility index (Phi) is 6.20. The molecule has 0 aromatic heterocycles. The summed E-state index contributed by atoms with van der Waals surface area (Å²) in [6.07, 6.45) is 1.01. The molecule has 0 aliphatic rings. The predicted molar refractivity (Wildman–Crippen MR) is 75.7 cm³/mol. The Bertz CT molecular complexity index is 505. The number of amides is 2. The molecule has 0 atom stereocenters. The number of rotatable bonds is 7. The summed E-state index contributed by atoms with van der Waals surface area (Å²) in [5.74, 6) is -0.475. The second-order valence-corrected chi connectivity index (χ2v) is 4.54. The van der Waals surface area contributed by atoms with Crippen molar-refractivity contribution in [1.82, 2.24) is 4.90 Å². The Morgan fingerprint density at radius 3 is 2.55 bits per heavy atom. The third-order valence-electron chi connectivity index (χ3n) is 2.67. The van der Waals surface area contributed by atoms with Gasteiger partial charge in [-0.25, -0.2) is 0 Å². The fraction of sp³-hybridized carbons (Fsp3) is 0.357. The molecule has 106 valence electrons. The first-order valence-corrected chi connectivity index (χ1v) is 6.28. The molecule has 0 unspecified atom stereocenters. The zero-order valence-corrected chi connectivity index (χ0v) is 11.4. The molecule has 0 saturated heterocycles. The number of anilines is 1. The SMILES string of the molecule is CN(CCCC(=O)Nc1ccc(C#N)cc1)CC(N)=O. The summed E-state index contributed by atoms with van der Waals surface area (Å²) < 4.78 is 0. The van der Waals surface area contributed by atoms with Gasteiger partial charge in [-0.1, -0.05) is 0 Å². The van der Waals surface area contributed by atoms with Gasteiger partial charge in [-0.15, -0.1) is 0 Å². The topological polar surface area (TPSA) is 99.2 Å². The Balaban J connectivity index is 2.29. The van der Waals surface area contributed by atoms with E-state index in [1.165, 1.54) is 0 Å². The molecule has 0 saturated carbocycles. The lowest BCUT2D eigenvalue weighted by atomic mass is 10.2. The Labute approximate surface area is 118 Å². The van der Waals surface area contributed by atoms with E-state index in [0.29, 0.717) is 30.6 Å². The highest BCUT2D eigenvalue weighted by Gasteiger charge is 2.05. The van der Waals surface area contributed by atoms with E-state index < -0.39 is 0 Å². The molecular formula is C14H18N4O2. The van der Waals surface area contributed by atoms with Gasteiger partial charge in [0.2, 0.25) is 11.8 Å². The molecular weight excluding hydrogens is 256 g/mol. The Hall–Kier alpha value is -2.39. The molecule has 3 N–H and O–H groups in total. The second-order valence-electron chi connectivity index (χ2n) is 4.54. The zero-order valence-electron chi connectivity index (χ0n) is 11.4. The number of hydrogen-bond donors (Lipinski definition) is 2. The van der Waals surface area contributed by atoms with Crippen LogP contribution in [0, 0.1) is 11.3 Å². The number of carbonyl (C=O) groups excluding carboxylic acids is 2. The van der Waals surface area contributed by atoms with Crippen LogP contribution in [0.15, 0.2) is 24.3 Å². The number of nitrogens with zero attached hydrogens (tertiary/aromatic N) is 2. The van der Waals surface area contributed by atoms with Gasteiger partial charge >= 0.3 is 0 Å². The summed E-state index contributed by atoms with van der Waals surface area (Å²) in [6.45, 7) is 0.820. The molecule has 6 heteroatoms. The molecule has 1 aromatic carbocycles. The minimum Gasteiger partial charge on any atom is -0.369 e. The maximum Gasteiger partial charge on any atom is 0.231 e. The highest BCUT2D eigenvalue weighted by molar-refractivity contribution is 5.90. The van der Waals surface area contributed by atoms with E-state index in [1.807, 2.05) is 6.07 Å². The number of likely N-dealkylation sites (N-methyl/N-ethyl adjacent to an activating group) is 1. The minimum atomic E-state index is -0.380. The van der Waals surface area contributed by atoms with Gasteiger partial charge in [-0.2, -0.15) is 5.26 Å². The van der Waals surface area contributed by atoms with E-state index >= 15 is 0 Å². The summed E-state index contributed by atoms with van der Waals surface area (Å²) >= 11 is 0. The van der Waals surface area contributed by atoms with Crippen LogP contribution in [0.1, 0.15) is 18.4 Å². The van der Waals surface area contributed by atoms with Crippen molar-refractivity contribution in [3.05, 3.63) is 29.8 Å². The molecule has 0 spiro atoms. The predicted octanol–water partition coefficient (Wildman–Crippen LogP) is 0.694. The third-order valence-corrected chi connectivity index (χ3v) is 2.67. The normalized spacial score (nSPS) is 10.1. The average Bonchev–Trinajstić information content (AvgIpc) is 2.38. The molecule has 2 amide bonds. The van der Waals surface area contributed by atoms with Crippen molar-refractivity contribution in [3.63, 3.8) is 0 Å². The summed E-state index contributed by atoms with van der Waals surface area (Å²) in [5.41, 5.74) is 6.29. The van der Waals surface area contributed by atoms with E-state index in [0.717, 1.165) is 0 Å². The van der Waals surface area contributed by atoms with E-state index in [1.54, 1.807) is 36.2 Å². The summed E-state index contributed by atoms with van der Waals surface area (Å²) in [4.78, 5) is 24.1. The first-order valence-electron chi connectivity index (χ1n) is 6.28. The average molecular weight is 274 g/mol. The number of hydrogen-bond acceptors (Lipinski definition) is 4. The number of nitrogens with two attached hydrogens (primary N) is 1. The standard InChI is InChI=1S/C14H18N4O2/c1-18(10-13(16)19)8-2-3-14(20)17-12-6-4-11(9-15)5-7-12/h4-7H,2-3,8,10H2,1H3,(H2,16,19)(H,17,20). The van der Waals surface area contributed by atoms with Gasteiger partial charge in [-0.3, -0.25) is 14.5 Å². The summed E-state index contributed by atoms with van der Waals surface area (Å²) in [5, 5.41) is 11.4. The van der Waals surface area contributed by atoms with Crippen molar-refractivity contribution in [2.75, 3.05) is 25.5 Å². The molecule has 20 heavy (non-hydrogen) atoms. The van der Waals surface area contributed by atoms with Crippen LogP contribution in [0.4, 0.5) is 5.69 Å². The maximum absolute atomic E-state index is 11.7. The molecule has 0 heterocycles. The molecule has 1 aromatic rings. The minimum absolute atomic E-state index is 0.0952. The van der Waals surface area contributed by atoms with E-state index in [2.05, 4.69) is 5.32 Å². The van der Waals surface area contributed by atoms with E-state index in [4.69, 9.17) is 11.0 Å². The number of carbonyl (C=O) groups is 2. The molecule has 0 fully saturated rings. The zero-order chi connectivity index (χ0) is 15.0. The van der Waals surface area contributed by atoms with E-state index in [-0.39, 0.29) is 18.4 Å². The summed E-state index contributed by atoms with van der Waals surface area (Å²) in [6, 6.07) is 8.69. The van der Waals surface area contributed by atoms with Gasteiger partial charge in [0.15, 0.2) is 0 Å². The fourth-order valence-corrected chi connectivity index (χ4v) is 1.71. The number of nitrogens with one attached hydrogen (secondary N) is 1. The highest BCUT2D eigenvalue weighted by Crippen LogP contribution is 2.09. The van der Waals surface area contributed by atoms with Crippen molar-refractivity contribution in [2.45, 2.75) is 12.8 Å². The van der Waals surface area contributed by atoms with Gasteiger partial charge in [0.25, 0.3) is 0 Å². The van der Waals surface area contributed by atoms with Gasteiger partial charge in [0.1, 0.15) is 0 Å². The van der Waals surface area contributed by atoms with Gasteiger partial charge in [0, 0.05) is 12.1 Å². The Morgan fingerprint density at radius 1 is 1.35 bits per heavy atom. The lowest BCUT2D eigenvalue weighted by Gasteiger charge is -2.13. The quantitative estimate of drug-likeness (QED) is 0.764. The highest BCUT2D eigenvalue weighted by atomic mass is 16.2. The molecule has 0 aliphatic heterocycles. The molecule has 6 nitrogen and oxygen atoms in total. The van der Waals surface area contributed by atoms with Crippen LogP contribution < -0.4 is 11.1 Å². The van der Waals surface area contributed by atoms with Crippen molar-refractivity contribution < 1.29 is 9.59 Å². The largest absolute Gasteiger partial charge is 0.369 e. The number of benzene rings is 1. The van der Waals surface area contributed by atoms with Crippen LogP contribution in [0.2, 0.25) is 0 Å². The molecule has 0 aliphatic carbocycles. The lowest BCUT2D eigenvalue weighted by molar-refractivity contribution is -0.118. The monoisotopic (exact) mass is 274 g/mol. The first-order chi connectivity index (χ1) is 9.51. The molecule has 0 bridgehead atoms. The first kappa shape index (κ1) is 15.7. The Morgan fingerprint density at radius 2 is 2.00 bits per heavy atom. The number of primary amides is 1. The van der Waals surface area contributed by atoms with Gasteiger partial charge in [0.05, 0.1) is 18.2 Å². The fourth-order valence-electron chi connectivity index (χ4n) is 1.71. The van der Waals surface area contributed by atoms with E-state index in [9.17, 15) is 9.59 Å². The van der Waals surface area contributed by atoms with Crippen LogP contribution >= 0.6 is 0 Å². The molecule has 1 rings (SSSR count). The van der Waals surface area contributed by atoms with Crippen LogP contribution in [-0.4, -0.2) is 36.9 Å². The molecule has 0 radical (unpaired) electrons. The van der Waals surface area contributed by atoms with Crippen LogP contribution in [0.3, 0.4) is 0 Å².